The van der Waals surface area contributed by atoms with Gasteiger partial charge < -0.3 is 5.32 Å². The van der Waals surface area contributed by atoms with E-state index in [-0.39, 0.29) is 5.41 Å². The van der Waals surface area contributed by atoms with E-state index in [2.05, 4.69) is 49.5 Å². The summed E-state index contributed by atoms with van der Waals surface area (Å²) in [5, 5.41) is 7.76. The van der Waals surface area contributed by atoms with Crippen LogP contribution in [0.3, 0.4) is 0 Å². The van der Waals surface area contributed by atoms with E-state index in [4.69, 9.17) is 0 Å². The Labute approximate surface area is 109 Å². The van der Waals surface area contributed by atoms with Crippen molar-refractivity contribution in [2.24, 2.45) is 5.92 Å². The number of aromatic nitrogens is 2. The van der Waals surface area contributed by atoms with E-state index in [1.54, 1.807) is 0 Å². The lowest BCUT2D eigenvalue weighted by atomic mass is 9.86. The largest absolute Gasteiger partial charge is 0.312 e. The van der Waals surface area contributed by atoms with Crippen molar-refractivity contribution >= 4 is 11.5 Å². The molecular weight excluding hydrogens is 230 g/mol. The molecule has 1 heterocycles. The summed E-state index contributed by atoms with van der Waals surface area (Å²) >= 11 is 1.54. The Bertz CT molecular complexity index is 341. The van der Waals surface area contributed by atoms with Crippen LogP contribution in [0.2, 0.25) is 0 Å². The molecule has 0 bridgehead atoms. The van der Waals surface area contributed by atoms with Gasteiger partial charge >= 0.3 is 0 Å². The van der Waals surface area contributed by atoms with Crippen LogP contribution in [0.15, 0.2) is 0 Å². The first-order chi connectivity index (χ1) is 7.91. The van der Waals surface area contributed by atoms with Crippen LogP contribution in [0.5, 0.6) is 0 Å². The SMILES string of the molecule is CCCC(C)C(NC)c1snnc1C(C)(C)C. The van der Waals surface area contributed by atoms with Crippen LogP contribution in [0.25, 0.3) is 0 Å². The van der Waals surface area contributed by atoms with E-state index >= 15 is 0 Å². The molecule has 0 amide bonds. The molecule has 17 heavy (non-hydrogen) atoms. The summed E-state index contributed by atoms with van der Waals surface area (Å²) in [6.45, 7) is 11.1. The van der Waals surface area contributed by atoms with Crippen LogP contribution >= 0.6 is 11.5 Å². The van der Waals surface area contributed by atoms with Gasteiger partial charge in [0, 0.05) is 11.5 Å². The van der Waals surface area contributed by atoms with E-state index in [0.29, 0.717) is 12.0 Å². The molecule has 1 aromatic heterocycles. The summed E-state index contributed by atoms with van der Waals surface area (Å²) in [4.78, 5) is 1.31. The van der Waals surface area contributed by atoms with Crippen molar-refractivity contribution in [1.29, 1.82) is 0 Å². The number of hydrogen-bond acceptors (Lipinski definition) is 4. The molecule has 0 saturated carbocycles. The third kappa shape index (κ3) is 3.49. The molecule has 98 valence electrons. The monoisotopic (exact) mass is 255 g/mol. The van der Waals surface area contributed by atoms with Gasteiger partial charge in [-0.3, -0.25) is 0 Å². The second-order valence-corrected chi connectivity index (χ2v) is 6.55. The van der Waals surface area contributed by atoms with Crippen molar-refractivity contribution in [2.45, 2.75) is 58.9 Å². The molecule has 2 unspecified atom stereocenters. The van der Waals surface area contributed by atoms with E-state index in [0.717, 1.165) is 5.69 Å². The average Bonchev–Trinajstić information content (AvgIpc) is 2.67. The Morgan fingerprint density at radius 3 is 2.47 bits per heavy atom. The van der Waals surface area contributed by atoms with E-state index in [1.165, 1.54) is 29.3 Å². The number of nitrogens with zero attached hydrogens (tertiary/aromatic N) is 2. The summed E-state index contributed by atoms with van der Waals surface area (Å²) in [5.74, 6) is 0.619. The second kappa shape index (κ2) is 5.91. The van der Waals surface area contributed by atoms with Crippen molar-refractivity contribution in [3.05, 3.63) is 10.6 Å². The molecular formula is C13H25N3S. The van der Waals surface area contributed by atoms with Gasteiger partial charge in [0.05, 0.1) is 10.6 Å². The highest BCUT2D eigenvalue weighted by molar-refractivity contribution is 7.05. The van der Waals surface area contributed by atoms with Crippen LogP contribution in [0.4, 0.5) is 0 Å². The smallest absolute Gasteiger partial charge is 0.0857 e. The van der Waals surface area contributed by atoms with Crippen molar-refractivity contribution in [2.75, 3.05) is 7.05 Å². The third-order valence-electron chi connectivity index (χ3n) is 3.13. The zero-order chi connectivity index (χ0) is 13.1. The average molecular weight is 255 g/mol. The third-order valence-corrected chi connectivity index (χ3v) is 3.94. The summed E-state index contributed by atoms with van der Waals surface area (Å²) in [5.41, 5.74) is 1.22. The lowest BCUT2D eigenvalue weighted by molar-refractivity contribution is 0.381. The molecule has 0 radical (unpaired) electrons. The van der Waals surface area contributed by atoms with Crippen LogP contribution in [-0.2, 0) is 5.41 Å². The maximum Gasteiger partial charge on any atom is 0.0857 e. The van der Waals surface area contributed by atoms with Crippen molar-refractivity contribution in [3.8, 4) is 0 Å². The molecule has 0 aliphatic heterocycles. The first-order valence-electron chi connectivity index (χ1n) is 6.41. The van der Waals surface area contributed by atoms with Gasteiger partial charge in [-0.2, -0.15) is 0 Å². The molecule has 1 N–H and O–H groups in total. The number of hydrogen-bond donors (Lipinski definition) is 1. The maximum absolute atomic E-state index is 4.33. The van der Waals surface area contributed by atoms with Crippen LogP contribution in [-0.4, -0.2) is 16.6 Å². The zero-order valence-corrected chi connectivity index (χ0v) is 12.7. The standard InChI is InChI=1S/C13H25N3S/c1-7-8-9(2)10(14-6)11-12(13(3,4)5)15-16-17-11/h9-10,14H,7-8H2,1-6H3. The van der Waals surface area contributed by atoms with E-state index < -0.39 is 0 Å². The summed E-state index contributed by atoms with van der Waals surface area (Å²) < 4.78 is 4.15. The molecule has 1 rings (SSSR count). The van der Waals surface area contributed by atoms with Crippen molar-refractivity contribution < 1.29 is 0 Å². The number of nitrogens with one attached hydrogen (secondary N) is 1. The molecule has 0 aromatic carbocycles. The van der Waals surface area contributed by atoms with E-state index in [1.807, 2.05) is 7.05 Å². The molecule has 0 saturated heterocycles. The highest BCUT2D eigenvalue weighted by atomic mass is 32.1. The zero-order valence-electron chi connectivity index (χ0n) is 11.9. The quantitative estimate of drug-likeness (QED) is 0.874. The summed E-state index contributed by atoms with van der Waals surface area (Å²) in [7, 11) is 2.03. The van der Waals surface area contributed by atoms with Crippen LogP contribution in [0, 0.1) is 5.92 Å². The van der Waals surface area contributed by atoms with Gasteiger partial charge in [0.25, 0.3) is 0 Å². The molecule has 0 spiro atoms. The fraction of sp³-hybridized carbons (Fsp3) is 0.846. The van der Waals surface area contributed by atoms with Gasteiger partial charge in [-0.1, -0.05) is 45.5 Å². The fourth-order valence-corrected chi connectivity index (χ4v) is 3.33. The minimum Gasteiger partial charge on any atom is -0.312 e. The highest BCUT2D eigenvalue weighted by Crippen LogP contribution is 2.34. The summed E-state index contributed by atoms with van der Waals surface area (Å²) in [6, 6.07) is 0.379. The Balaban J connectivity index is 3.00. The fourth-order valence-electron chi connectivity index (χ4n) is 2.22. The molecule has 1 aromatic rings. The maximum atomic E-state index is 4.33. The lowest BCUT2D eigenvalue weighted by Gasteiger charge is -2.25. The van der Waals surface area contributed by atoms with Gasteiger partial charge in [0.15, 0.2) is 0 Å². The van der Waals surface area contributed by atoms with Gasteiger partial charge in [0.2, 0.25) is 0 Å². The normalized spacial score (nSPS) is 15.9. The molecule has 2 atom stereocenters. The van der Waals surface area contributed by atoms with Gasteiger partial charge in [-0.25, -0.2) is 0 Å². The van der Waals surface area contributed by atoms with Crippen LogP contribution in [0.1, 0.15) is 64.1 Å². The topological polar surface area (TPSA) is 37.8 Å². The number of rotatable bonds is 5. The first-order valence-corrected chi connectivity index (χ1v) is 7.19. The predicted octanol–water partition coefficient (Wildman–Crippen LogP) is 3.53. The lowest BCUT2D eigenvalue weighted by Crippen LogP contribution is -2.26. The minimum atomic E-state index is 0.0728. The Morgan fingerprint density at radius 2 is 2.00 bits per heavy atom. The Hall–Kier alpha value is -0.480. The molecule has 3 nitrogen and oxygen atoms in total. The Morgan fingerprint density at radius 1 is 1.35 bits per heavy atom. The molecule has 0 fully saturated rings. The highest BCUT2D eigenvalue weighted by Gasteiger charge is 2.28. The molecule has 0 aliphatic carbocycles. The molecule has 0 aliphatic rings. The minimum absolute atomic E-state index is 0.0728. The first kappa shape index (κ1) is 14.6. The predicted molar refractivity (Wildman–Crippen MR) is 74.5 cm³/mol. The summed E-state index contributed by atoms with van der Waals surface area (Å²) in [6.07, 6.45) is 2.45. The van der Waals surface area contributed by atoms with Gasteiger partial charge in [-0.05, 0) is 30.9 Å². The van der Waals surface area contributed by atoms with Crippen molar-refractivity contribution in [3.63, 3.8) is 0 Å². The second-order valence-electron chi connectivity index (χ2n) is 5.77. The van der Waals surface area contributed by atoms with Gasteiger partial charge in [-0.15, -0.1) is 5.10 Å². The van der Waals surface area contributed by atoms with Crippen LogP contribution < -0.4 is 5.32 Å². The Kier molecular flexibility index (Phi) is 5.07. The molecule has 4 heteroatoms. The van der Waals surface area contributed by atoms with Gasteiger partial charge in [0.1, 0.15) is 0 Å². The van der Waals surface area contributed by atoms with E-state index in [9.17, 15) is 0 Å². The van der Waals surface area contributed by atoms with Crippen molar-refractivity contribution in [1.82, 2.24) is 14.9 Å².